The Hall–Kier alpha value is -0.850. The zero-order valence-corrected chi connectivity index (χ0v) is 8.59. The molecule has 1 aromatic carbocycles. The van der Waals surface area contributed by atoms with Crippen LogP contribution in [0.2, 0.25) is 0 Å². The van der Waals surface area contributed by atoms with Crippen molar-refractivity contribution in [2.75, 3.05) is 11.9 Å². The van der Waals surface area contributed by atoms with Gasteiger partial charge >= 0.3 is 0 Å². The van der Waals surface area contributed by atoms with E-state index in [4.69, 9.17) is 4.74 Å². The van der Waals surface area contributed by atoms with Crippen LogP contribution in [0.15, 0.2) is 12.1 Å². The van der Waals surface area contributed by atoms with Gasteiger partial charge in [0.25, 0.3) is 5.91 Å². The molecule has 1 N–H and O–H groups in total. The number of rotatable bonds is 0. The van der Waals surface area contributed by atoms with Crippen LogP contribution < -0.4 is 10.1 Å². The number of carbonyl (C=O) groups excluding carboxylic acids is 1. The third-order valence-corrected chi connectivity index (χ3v) is 2.48. The lowest BCUT2D eigenvalue weighted by atomic mass is 10.2. The van der Waals surface area contributed by atoms with Crippen molar-refractivity contribution in [1.82, 2.24) is 0 Å². The summed E-state index contributed by atoms with van der Waals surface area (Å²) < 4.78 is 18.5. The lowest BCUT2D eigenvalue weighted by Gasteiger charge is -2.17. The number of fused-ring (bicyclic) bond motifs is 1. The largest absolute Gasteiger partial charge is 0.481 e. The van der Waals surface area contributed by atoms with E-state index < -0.39 is 0 Å². The maximum absolute atomic E-state index is 13.0. The fourth-order valence-corrected chi connectivity index (χ4v) is 1.54. The minimum atomic E-state index is -0.338. The first-order valence-electron chi connectivity index (χ1n) is 3.58. The first-order chi connectivity index (χ1) is 6.16. The highest BCUT2D eigenvalue weighted by Crippen LogP contribution is 2.30. The van der Waals surface area contributed by atoms with Gasteiger partial charge in [-0.3, -0.25) is 4.79 Å². The molecule has 0 saturated carbocycles. The Morgan fingerprint density at radius 2 is 2.31 bits per heavy atom. The van der Waals surface area contributed by atoms with Crippen LogP contribution in [0.5, 0.6) is 5.75 Å². The van der Waals surface area contributed by atoms with Crippen molar-refractivity contribution in [3.05, 3.63) is 21.5 Å². The third kappa shape index (κ3) is 1.60. The van der Waals surface area contributed by atoms with Gasteiger partial charge < -0.3 is 10.1 Å². The Bertz CT molecular complexity index is 381. The van der Waals surface area contributed by atoms with E-state index >= 15 is 0 Å². The molecule has 2 rings (SSSR count). The first-order valence-corrected chi connectivity index (χ1v) is 4.66. The van der Waals surface area contributed by atoms with E-state index in [1.165, 1.54) is 6.07 Å². The second kappa shape index (κ2) is 3.13. The maximum Gasteiger partial charge on any atom is 0.262 e. The molecule has 1 heterocycles. The Labute approximate surface area is 87.4 Å². The summed E-state index contributed by atoms with van der Waals surface area (Å²) in [6, 6.07) is 2.82. The van der Waals surface area contributed by atoms with E-state index in [-0.39, 0.29) is 18.3 Å². The van der Waals surface area contributed by atoms with Gasteiger partial charge in [-0.1, -0.05) is 0 Å². The quantitative estimate of drug-likeness (QED) is 0.740. The summed E-state index contributed by atoms with van der Waals surface area (Å²) in [6.07, 6.45) is 0. The van der Waals surface area contributed by atoms with Crippen LogP contribution in [0.3, 0.4) is 0 Å². The highest BCUT2D eigenvalue weighted by molar-refractivity contribution is 14.1. The number of hydrogen-bond acceptors (Lipinski definition) is 2. The van der Waals surface area contributed by atoms with Gasteiger partial charge in [0.1, 0.15) is 11.6 Å². The average Bonchev–Trinajstić information content (AvgIpc) is 2.08. The number of hydrogen-bond donors (Lipinski definition) is 1. The topological polar surface area (TPSA) is 38.3 Å². The number of halogens is 2. The summed E-state index contributed by atoms with van der Waals surface area (Å²) in [6.45, 7) is -0.0486. The van der Waals surface area contributed by atoms with E-state index in [1.54, 1.807) is 6.07 Å². The van der Waals surface area contributed by atoms with Gasteiger partial charge in [0.15, 0.2) is 6.61 Å². The molecule has 0 bridgehead atoms. The second-order valence-corrected chi connectivity index (χ2v) is 3.76. The first kappa shape index (κ1) is 8.74. The standard InChI is InChI=1S/C8H5FINO2/c9-4-1-7-6(2-5(4)10)11-8(12)3-13-7/h1-2H,3H2,(H,11,12). The van der Waals surface area contributed by atoms with Crippen molar-refractivity contribution in [3.63, 3.8) is 0 Å². The molecule has 0 atom stereocenters. The van der Waals surface area contributed by atoms with E-state index in [2.05, 4.69) is 5.32 Å². The molecule has 0 spiro atoms. The zero-order valence-electron chi connectivity index (χ0n) is 6.43. The Balaban J connectivity index is 2.49. The minimum Gasteiger partial charge on any atom is -0.481 e. The number of benzene rings is 1. The van der Waals surface area contributed by atoms with Crippen LogP contribution in [0.25, 0.3) is 0 Å². The van der Waals surface area contributed by atoms with Crippen molar-refractivity contribution in [3.8, 4) is 5.75 Å². The SMILES string of the molecule is O=C1COc2cc(F)c(I)cc2N1. The molecule has 0 unspecified atom stereocenters. The van der Waals surface area contributed by atoms with Gasteiger partial charge in [-0.2, -0.15) is 0 Å². The summed E-state index contributed by atoms with van der Waals surface area (Å²) in [5.41, 5.74) is 0.530. The fraction of sp³-hybridized carbons (Fsp3) is 0.125. The summed E-state index contributed by atoms with van der Waals surface area (Å²) in [5.74, 6) is -0.164. The predicted octanol–water partition coefficient (Wildman–Crippen LogP) is 1.76. The Kier molecular flexibility index (Phi) is 2.10. The molecule has 0 aromatic heterocycles. The number of nitrogens with one attached hydrogen (secondary N) is 1. The molecule has 0 aliphatic carbocycles. The summed E-state index contributed by atoms with van der Waals surface area (Å²) in [5, 5.41) is 2.59. The van der Waals surface area contributed by atoms with Gasteiger partial charge in [0, 0.05) is 6.07 Å². The molecule has 5 heteroatoms. The zero-order chi connectivity index (χ0) is 9.42. The lowest BCUT2D eigenvalue weighted by Crippen LogP contribution is -2.25. The van der Waals surface area contributed by atoms with E-state index in [9.17, 15) is 9.18 Å². The molecule has 1 aromatic rings. The van der Waals surface area contributed by atoms with E-state index in [0.717, 1.165) is 0 Å². The van der Waals surface area contributed by atoms with Gasteiger partial charge in [-0.05, 0) is 28.7 Å². The van der Waals surface area contributed by atoms with Crippen LogP contribution in [-0.4, -0.2) is 12.5 Å². The van der Waals surface area contributed by atoms with Crippen molar-refractivity contribution in [1.29, 1.82) is 0 Å². The number of carbonyl (C=O) groups is 1. The Morgan fingerprint density at radius 1 is 1.54 bits per heavy atom. The number of anilines is 1. The maximum atomic E-state index is 13.0. The van der Waals surface area contributed by atoms with Crippen LogP contribution in [0, 0.1) is 9.39 Å². The Morgan fingerprint density at radius 3 is 3.08 bits per heavy atom. The summed E-state index contributed by atoms with van der Waals surface area (Å²) >= 11 is 1.86. The molecule has 13 heavy (non-hydrogen) atoms. The monoisotopic (exact) mass is 293 g/mol. The van der Waals surface area contributed by atoms with Crippen LogP contribution in [0.1, 0.15) is 0 Å². The number of amides is 1. The molecule has 1 aliphatic heterocycles. The van der Waals surface area contributed by atoms with Crippen molar-refractivity contribution < 1.29 is 13.9 Å². The van der Waals surface area contributed by atoms with Crippen molar-refractivity contribution >= 4 is 34.2 Å². The molecular weight excluding hydrogens is 288 g/mol. The highest BCUT2D eigenvalue weighted by atomic mass is 127. The molecule has 0 fully saturated rings. The fourth-order valence-electron chi connectivity index (χ4n) is 1.08. The molecule has 1 amide bonds. The highest BCUT2D eigenvalue weighted by Gasteiger charge is 2.17. The molecule has 0 saturated heterocycles. The van der Waals surface area contributed by atoms with Crippen molar-refractivity contribution in [2.24, 2.45) is 0 Å². The lowest BCUT2D eigenvalue weighted by molar-refractivity contribution is -0.118. The normalized spacial score (nSPS) is 14.5. The molecule has 3 nitrogen and oxygen atoms in total. The van der Waals surface area contributed by atoms with Gasteiger partial charge in [-0.15, -0.1) is 0 Å². The number of ether oxygens (including phenoxy) is 1. The van der Waals surface area contributed by atoms with Gasteiger partial charge in [-0.25, -0.2) is 4.39 Å². The average molecular weight is 293 g/mol. The third-order valence-electron chi connectivity index (χ3n) is 1.66. The van der Waals surface area contributed by atoms with Crippen molar-refractivity contribution in [2.45, 2.75) is 0 Å². The summed E-state index contributed by atoms with van der Waals surface area (Å²) in [4.78, 5) is 10.9. The molecule has 0 radical (unpaired) electrons. The minimum absolute atomic E-state index is 0.0486. The van der Waals surface area contributed by atoms with Crippen LogP contribution >= 0.6 is 22.6 Å². The predicted molar refractivity (Wildman–Crippen MR) is 53.2 cm³/mol. The van der Waals surface area contributed by atoms with Crippen LogP contribution in [0.4, 0.5) is 10.1 Å². The van der Waals surface area contributed by atoms with E-state index in [1.807, 2.05) is 22.6 Å². The smallest absolute Gasteiger partial charge is 0.262 e. The van der Waals surface area contributed by atoms with E-state index in [0.29, 0.717) is 15.0 Å². The second-order valence-electron chi connectivity index (χ2n) is 2.60. The van der Waals surface area contributed by atoms with Gasteiger partial charge in [0.2, 0.25) is 0 Å². The van der Waals surface area contributed by atoms with Gasteiger partial charge in [0.05, 0.1) is 9.26 Å². The molecule has 1 aliphatic rings. The molecular formula is C8H5FINO2. The molecule has 68 valence electrons. The van der Waals surface area contributed by atoms with Crippen LogP contribution in [-0.2, 0) is 4.79 Å². The summed E-state index contributed by atoms with van der Waals surface area (Å²) in [7, 11) is 0.